The smallest absolute Gasteiger partial charge is 0.257 e. The van der Waals surface area contributed by atoms with Crippen molar-refractivity contribution in [2.45, 2.75) is 0 Å². The third-order valence-electron chi connectivity index (χ3n) is 2.04. The van der Waals surface area contributed by atoms with Gasteiger partial charge in [0.1, 0.15) is 18.9 Å². The first kappa shape index (κ1) is 9.46. The van der Waals surface area contributed by atoms with Crippen molar-refractivity contribution in [3.8, 4) is 17.3 Å². The average molecular weight is 229 g/mol. The standard InChI is InChI=1S/C9H7N7O/c10-8-13-7(6-1-2-17-3-6)14-9(15-8)16-5-11-4-12-16/h1-5H,(H2,10,13,14,15). The molecular weight excluding hydrogens is 222 g/mol. The fraction of sp³-hybridized carbons (Fsp3) is 0. The Bertz CT molecular complexity index is 564. The van der Waals surface area contributed by atoms with E-state index in [-0.39, 0.29) is 5.95 Å². The number of anilines is 1. The van der Waals surface area contributed by atoms with E-state index in [0.29, 0.717) is 11.8 Å². The van der Waals surface area contributed by atoms with E-state index in [1.807, 2.05) is 0 Å². The van der Waals surface area contributed by atoms with Gasteiger partial charge in [-0.1, -0.05) is 0 Å². The van der Waals surface area contributed by atoms with E-state index in [4.69, 9.17) is 10.2 Å². The monoisotopic (exact) mass is 229 g/mol. The predicted octanol–water partition coefficient (Wildman–Crippen LogP) is 0.294. The Balaban J connectivity index is 2.13. The van der Waals surface area contributed by atoms with E-state index in [0.717, 1.165) is 5.56 Å². The van der Waals surface area contributed by atoms with E-state index < -0.39 is 0 Å². The zero-order chi connectivity index (χ0) is 11.7. The van der Waals surface area contributed by atoms with Crippen molar-refractivity contribution >= 4 is 5.95 Å². The fourth-order valence-electron chi connectivity index (χ4n) is 1.32. The van der Waals surface area contributed by atoms with Crippen LogP contribution in [0.3, 0.4) is 0 Å². The summed E-state index contributed by atoms with van der Waals surface area (Å²) in [5.41, 5.74) is 6.34. The minimum Gasteiger partial charge on any atom is -0.472 e. The van der Waals surface area contributed by atoms with Crippen molar-refractivity contribution in [3.05, 3.63) is 31.2 Å². The second-order valence-electron chi connectivity index (χ2n) is 3.17. The molecule has 8 nitrogen and oxygen atoms in total. The third kappa shape index (κ3) is 1.71. The van der Waals surface area contributed by atoms with Crippen molar-refractivity contribution in [1.29, 1.82) is 0 Å². The largest absolute Gasteiger partial charge is 0.472 e. The van der Waals surface area contributed by atoms with Crippen molar-refractivity contribution in [2.24, 2.45) is 0 Å². The fourth-order valence-corrected chi connectivity index (χ4v) is 1.32. The summed E-state index contributed by atoms with van der Waals surface area (Å²) < 4.78 is 6.37. The van der Waals surface area contributed by atoms with E-state index >= 15 is 0 Å². The van der Waals surface area contributed by atoms with E-state index in [1.165, 1.54) is 29.9 Å². The third-order valence-corrected chi connectivity index (χ3v) is 2.04. The van der Waals surface area contributed by atoms with Crippen molar-refractivity contribution in [2.75, 3.05) is 5.73 Å². The van der Waals surface area contributed by atoms with E-state index in [9.17, 15) is 0 Å². The van der Waals surface area contributed by atoms with Gasteiger partial charge in [0, 0.05) is 0 Å². The molecule has 0 atom stereocenters. The van der Waals surface area contributed by atoms with Crippen LogP contribution in [-0.4, -0.2) is 29.7 Å². The summed E-state index contributed by atoms with van der Waals surface area (Å²) in [7, 11) is 0. The zero-order valence-electron chi connectivity index (χ0n) is 8.56. The molecule has 0 fully saturated rings. The lowest BCUT2D eigenvalue weighted by molar-refractivity contribution is 0.568. The SMILES string of the molecule is Nc1nc(-c2ccoc2)nc(-n2cncn2)n1. The van der Waals surface area contributed by atoms with Crippen LogP contribution in [0.2, 0.25) is 0 Å². The molecule has 0 saturated carbocycles. The molecule has 0 unspecified atom stereocenters. The Morgan fingerprint density at radius 2 is 2.18 bits per heavy atom. The lowest BCUT2D eigenvalue weighted by atomic mass is 10.3. The number of rotatable bonds is 2. The van der Waals surface area contributed by atoms with Crippen LogP contribution in [0, 0.1) is 0 Å². The van der Waals surface area contributed by atoms with Crippen molar-refractivity contribution in [1.82, 2.24) is 29.7 Å². The van der Waals surface area contributed by atoms with Crippen molar-refractivity contribution in [3.63, 3.8) is 0 Å². The van der Waals surface area contributed by atoms with Gasteiger partial charge in [-0.15, -0.1) is 0 Å². The quantitative estimate of drug-likeness (QED) is 0.672. The average Bonchev–Trinajstić information content (AvgIpc) is 3.02. The van der Waals surface area contributed by atoms with Gasteiger partial charge in [0.05, 0.1) is 11.8 Å². The Labute approximate surface area is 95.2 Å². The van der Waals surface area contributed by atoms with Crippen LogP contribution >= 0.6 is 0 Å². The number of hydrogen-bond donors (Lipinski definition) is 1. The second kappa shape index (κ2) is 3.67. The summed E-state index contributed by atoms with van der Waals surface area (Å²) in [5.74, 6) is 0.852. The molecule has 0 radical (unpaired) electrons. The van der Waals surface area contributed by atoms with Crippen LogP contribution < -0.4 is 5.73 Å². The highest BCUT2D eigenvalue weighted by Gasteiger charge is 2.09. The van der Waals surface area contributed by atoms with Gasteiger partial charge in [-0.25, -0.2) is 4.98 Å². The molecule has 0 amide bonds. The minimum absolute atomic E-state index is 0.113. The number of nitrogens with two attached hydrogens (primary N) is 1. The molecule has 0 aliphatic heterocycles. The molecule has 3 heterocycles. The van der Waals surface area contributed by atoms with Crippen LogP contribution in [0.25, 0.3) is 17.3 Å². The second-order valence-corrected chi connectivity index (χ2v) is 3.17. The molecular formula is C9H7N7O. The zero-order valence-corrected chi connectivity index (χ0v) is 8.56. The van der Waals surface area contributed by atoms with Gasteiger partial charge < -0.3 is 10.2 Å². The molecule has 0 spiro atoms. The van der Waals surface area contributed by atoms with Gasteiger partial charge in [-0.05, 0) is 6.07 Å². The highest BCUT2D eigenvalue weighted by molar-refractivity contribution is 5.54. The number of hydrogen-bond acceptors (Lipinski definition) is 7. The Kier molecular flexibility index (Phi) is 2.04. The summed E-state index contributed by atoms with van der Waals surface area (Å²) in [5, 5.41) is 3.92. The van der Waals surface area contributed by atoms with Gasteiger partial charge in [0.15, 0.2) is 5.82 Å². The van der Waals surface area contributed by atoms with Gasteiger partial charge in [-0.3, -0.25) is 0 Å². The lowest BCUT2D eigenvalue weighted by Gasteiger charge is -2.02. The Morgan fingerprint density at radius 1 is 1.24 bits per heavy atom. The van der Waals surface area contributed by atoms with Crippen LogP contribution in [-0.2, 0) is 0 Å². The maximum Gasteiger partial charge on any atom is 0.257 e. The first-order chi connectivity index (χ1) is 8.33. The highest BCUT2D eigenvalue weighted by Crippen LogP contribution is 2.16. The Morgan fingerprint density at radius 3 is 2.88 bits per heavy atom. The molecule has 17 heavy (non-hydrogen) atoms. The normalized spacial score (nSPS) is 10.6. The molecule has 0 aliphatic carbocycles. The molecule has 84 valence electrons. The van der Waals surface area contributed by atoms with Gasteiger partial charge in [0.2, 0.25) is 5.95 Å². The van der Waals surface area contributed by atoms with Crippen LogP contribution in [0.5, 0.6) is 0 Å². The minimum atomic E-state index is 0.113. The van der Waals surface area contributed by atoms with Gasteiger partial charge in [0.25, 0.3) is 5.95 Å². The first-order valence-electron chi connectivity index (χ1n) is 4.72. The van der Waals surface area contributed by atoms with Crippen LogP contribution in [0.1, 0.15) is 0 Å². The number of aromatic nitrogens is 6. The molecule has 2 N–H and O–H groups in total. The summed E-state index contributed by atoms with van der Waals surface area (Å²) in [6, 6.07) is 1.74. The molecule has 3 rings (SSSR count). The van der Waals surface area contributed by atoms with Crippen molar-refractivity contribution < 1.29 is 4.42 Å². The molecule has 3 aromatic heterocycles. The number of nitrogen functional groups attached to an aromatic ring is 1. The van der Waals surface area contributed by atoms with E-state index in [2.05, 4.69) is 25.0 Å². The molecule has 0 aliphatic rings. The Hall–Kier alpha value is -2.77. The topological polar surface area (TPSA) is 109 Å². The predicted molar refractivity (Wildman–Crippen MR) is 56.9 cm³/mol. The summed E-state index contributed by atoms with van der Waals surface area (Å²) in [6.07, 6.45) is 5.93. The van der Waals surface area contributed by atoms with Crippen LogP contribution in [0.4, 0.5) is 5.95 Å². The molecule has 8 heteroatoms. The number of nitrogens with zero attached hydrogens (tertiary/aromatic N) is 6. The number of furan rings is 1. The van der Waals surface area contributed by atoms with Gasteiger partial charge >= 0.3 is 0 Å². The molecule has 0 aromatic carbocycles. The maximum atomic E-state index is 5.62. The lowest BCUT2D eigenvalue weighted by Crippen LogP contribution is -2.07. The first-order valence-corrected chi connectivity index (χ1v) is 4.72. The highest BCUT2D eigenvalue weighted by atomic mass is 16.3. The van der Waals surface area contributed by atoms with Crippen LogP contribution in [0.15, 0.2) is 35.7 Å². The summed E-state index contributed by atoms with van der Waals surface area (Å²) in [4.78, 5) is 16.0. The molecule has 0 bridgehead atoms. The summed E-state index contributed by atoms with van der Waals surface area (Å²) in [6.45, 7) is 0. The summed E-state index contributed by atoms with van der Waals surface area (Å²) >= 11 is 0. The van der Waals surface area contributed by atoms with E-state index in [1.54, 1.807) is 6.07 Å². The molecule has 3 aromatic rings. The maximum absolute atomic E-state index is 5.62. The van der Waals surface area contributed by atoms with Gasteiger partial charge in [-0.2, -0.15) is 24.7 Å². The molecule has 0 saturated heterocycles.